The lowest BCUT2D eigenvalue weighted by molar-refractivity contribution is 0.852. The van der Waals surface area contributed by atoms with Crippen molar-refractivity contribution in [3.8, 4) is 0 Å². The summed E-state index contributed by atoms with van der Waals surface area (Å²) < 4.78 is 0. The van der Waals surface area contributed by atoms with Crippen molar-refractivity contribution in [2.75, 3.05) is 0 Å². The van der Waals surface area contributed by atoms with Crippen LogP contribution in [0.3, 0.4) is 0 Å². The zero-order valence-electron chi connectivity index (χ0n) is 11.1. The maximum atomic E-state index is 4.74. The highest BCUT2D eigenvalue weighted by Gasteiger charge is 2.10. The number of para-hydroxylation sites is 1. The van der Waals surface area contributed by atoms with Crippen molar-refractivity contribution in [3.05, 3.63) is 41.1 Å². The van der Waals surface area contributed by atoms with Crippen LogP contribution in [0.1, 0.15) is 43.5 Å². The van der Waals surface area contributed by atoms with Crippen LogP contribution in [-0.4, -0.2) is 4.98 Å². The topological polar surface area (TPSA) is 12.9 Å². The molecule has 0 radical (unpaired) electrons. The molecular weight excluding hydrogens is 206 g/mol. The molecule has 0 aliphatic heterocycles. The number of nitrogens with zero attached hydrogens (tertiary/aromatic N) is 1. The zero-order valence-corrected chi connectivity index (χ0v) is 11.1. The van der Waals surface area contributed by atoms with Gasteiger partial charge in [-0.3, -0.25) is 4.98 Å². The molecule has 1 heterocycles. The second kappa shape index (κ2) is 5.31. The first-order valence-corrected chi connectivity index (χ1v) is 6.65. The molecule has 0 N–H and O–H groups in total. The first-order valence-electron chi connectivity index (χ1n) is 6.65. The summed E-state index contributed by atoms with van der Waals surface area (Å²) in [5.74, 6) is 0. The Balaban J connectivity index is 2.69. The molecule has 0 aliphatic carbocycles. The minimum absolute atomic E-state index is 1.15. The van der Waals surface area contributed by atoms with Gasteiger partial charge in [0.2, 0.25) is 0 Å². The molecule has 90 valence electrons. The van der Waals surface area contributed by atoms with E-state index < -0.39 is 0 Å². The number of hydrogen-bond acceptors (Lipinski definition) is 1. The molecule has 2 rings (SSSR count). The van der Waals surface area contributed by atoms with Gasteiger partial charge in [-0.1, -0.05) is 44.9 Å². The summed E-state index contributed by atoms with van der Waals surface area (Å²) in [5, 5.41) is 1.35. The van der Waals surface area contributed by atoms with Gasteiger partial charge in [0.15, 0.2) is 0 Å². The fraction of sp³-hybridized carbons (Fsp3) is 0.438. The summed E-state index contributed by atoms with van der Waals surface area (Å²) in [7, 11) is 0. The zero-order chi connectivity index (χ0) is 12.3. The molecule has 0 saturated heterocycles. The van der Waals surface area contributed by atoms with Crippen molar-refractivity contribution >= 4 is 10.9 Å². The number of hydrogen-bond donors (Lipinski definition) is 0. The quantitative estimate of drug-likeness (QED) is 0.752. The lowest BCUT2D eigenvalue weighted by Gasteiger charge is -2.14. The van der Waals surface area contributed by atoms with Gasteiger partial charge >= 0.3 is 0 Å². The summed E-state index contributed by atoms with van der Waals surface area (Å²) in [5.41, 5.74) is 5.37. The summed E-state index contributed by atoms with van der Waals surface area (Å²) in [4.78, 5) is 4.74. The van der Waals surface area contributed by atoms with E-state index in [9.17, 15) is 0 Å². The van der Waals surface area contributed by atoms with Crippen LogP contribution in [0.4, 0.5) is 0 Å². The van der Waals surface area contributed by atoms with Gasteiger partial charge < -0.3 is 0 Å². The van der Waals surface area contributed by atoms with E-state index in [-0.39, 0.29) is 0 Å². The first kappa shape index (κ1) is 12.1. The smallest absolute Gasteiger partial charge is 0.0708 e. The average molecular weight is 227 g/mol. The Bertz CT molecular complexity index is 514. The second-order valence-corrected chi connectivity index (χ2v) is 4.67. The van der Waals surface area contributed by atoms with E-state index >= 15 is 0 Å². The lowest BCUT2D eigenvalue weighted by Crippen LogP contribution is -2.01. The summed E-state index contributed by atoms with van der Waals surface area (Å²) >= 11 is 0. The van der Waals surface area contributed by atoms with E-state index in [1.165, 1.54) is 41.5 Å². The largest absolute Gasteiger partial charge is 0.253 e. The fourth-order valence-corrected chi connectivity index (χ4v) is 2.57. The predicted molar refractivity (Wildman–Crippen MR) is 74.5 cm³/mol. The van der Waals surface area contributed by atoms with Crippen LogP contribution in [-0.2, 0) is 12.8 Å². The van der Waals surface area contributed by atoms with Crippen LogP contribution < -0.4 is 0 Å². The fourth-order valence-electron chi connectivity index (χ4n) is 2.57. The van der Waals surface area contributed by atoms with Gasteiger partial charge in [0, 0.05) is 11.1 Å². The molecule has 0 fully saturated rings. The van der Waals surface area contributed by atoms with E-state index in [1.807, 2.05) is 0 Å². The molecule has 1 nitrogen and oxygen atoms in total. The lowest BCUT2D eigenvalue weighted by atomic mass is 9.94. The number of benzene rings is 1. The van der Waals surface area contributed by atoms with Crippen LogP contribution in [0, 0.1) is 6.92 Å². The maximum Gasteiger partial charge on any atom is 0.0708 e. The third-order valence-corrected chi connectivity index (χ3v) is 3.32. The van der Waals surface area contributed by atoms with Crippen molar-refractivity contribution in [3.63, 3.8) is 0 Å². The second-order valence-electron chi connectivity index (χ2n) is 4.67. The standard InChI is InChI=1S/C16H21N/c1-4-8-13-12(3)17-16-11-7-6-10-15(16)14(13)9-5-2/h6-7,10-11H,4-5,8-9H2,1-3H3. The van der Waals surface area contributed by atoms with Crippen LogP contribution in [0.5, 0.6) is 0 Å². The average Bonchev–Trinajstić information content (AvgIpc) is 2.34. The van der Waals surface area contributed by atoms with Gasteiger partial charge in [-0.15, -0.1) is 0 Å². The van der Waals surface area contributed by atoms with Crippen molar-refractivity contribution in [2.24, 2.45) is 0 Å². The van der Waals surface area contributed by atoms with Gasteiger partial charge in [0.25, 0.3) is 0 Å². The highest BCUT2D eigenvalue weighted by molar-refractivity contribution is 5.83. The Kier molecular flexibility index (Phi) is 3.78. The van der Waals surface area contributed by atoms with E-state index in [0.29, 0.717) is 0 Å². The number of pyridine rings is 1. The monoisotopic (exact) mass is 227 g/mol. The Labute approximate surface area is 104 Å². The van der Waals surface area contributed by atoms with Crippen LogP contribution in [0.15, 0.2) is 24.3 Å². The summed E-state index contributed by atoms with van der Waals surface area (Å²) in [6.45, 7) is 6.64. The van der Waals surface area contributed by atoms with Gasteiger partial charge in [-0.25, -0.2) is 0 Å². The molecule has 1 heteroatoms. The third kappa shape index (κ3) is 2.33. The molecular formula is C16H21N. The normalized spacial score (nSPS) is 11.0. The number of aryl methyl sites for hydroxylation is 2. The van der Waals surface area contributed by atoms with Crippen LogP contribution >= 0.6 is 0 Å². The van der Waals surface area contributed by atoms with Crippen molar-refractivity contribution < 1.29 is 0 Å². The summed E-state index contributed by atoms with van der Waals surface area (Å²) in [6.07, 6.45) is 4.71. The Hall–Kier alpha value is -1.37. The molecule has 0 spiro atoms. The maximum absolute atomic E-state index is 4.74. The molecule has 2 aromatic rings. The molecule has 0 bridgehead atoms. The molecule has 0 aliphatic rings. The van der Waals surface area contributed by atoms with E-state index in [4.69, 9.17) is 4.98 Å². The Morgan fingerprint density at radius 1 is 0.941 bits per heavy atom. The van der Waals surface area contributed by atoms with Crippen LogP contribution in [0.2, 0.25) is 0 Å². The SMILES string of the molecule is CCCc1c(C)nc2ccccc2c1CCC. The molecule has 1 aromatic carbocycles. The minimum atomic E-state index is 1.15. The molecule has 1 aromatic heterocycles. The first-order chi connectivity index (χ1) is 8.27. The van der Waals surface area contributed by atoms with Crippen LogP contribution in [0.25, 0.3) is 10.9 Å². The van der Waals surface area contributed by atoms with E-state index in [1.54, 1.807) is 0 Å². The molecule has 0 unspecified atom stereocenters. The number of fused-ring (bicyclic) bond motifs is 1. The van der Waals surface area contributed by atoms with Gasteiger partial charge in [0.1, 0.15) is 0 Å². The highest BCUT2D eigenvalue weighted by atomic mass is 14.7. The molecule has 17 heavy (non-hydrogen) atoms. The van der Waals surface area contributed by atoms with Gasteiger partial charge in [-0.05, 0) is 37.0 Å². The highest BCUT2D eigenvalue weighted by Crippen LogP contribution is 2.25. The van der Waals surface area contributed by atoms with Crippen molar-refractivity contribution in [2.45, 2.75) is 46.5 Å². The van der Waals surface area contributed by atoms with Gasteiger partial charge in [-0.2, -0.15) is 0 Å². The van der Waals surface area contributed by atoms with Crippen molar-refractivity contribution in [1.29, 1.82) is 0 Å². The predicted octanol–water partition coefficient (Wildman–Crippen LogP) is 4.45. The third-order valence-electron chi connectivity index (χ3n) is 3.32. The summed E-state index contributed by atoms with van der Waals surface area (Å²) in [6, 6.07) is 8.53. The molecule has 0 atom stereocenters. The molecule has 0 saturated carbocycles. The van der Waals surface area contributed by atoms with Crippen molar-refractivity contribution in [1.82, 2.24) is 4.98 Å². The number of rotatable bonds is 4. The van der Waals surface area contributed by atoms with Gasteiger partial charge in [0.05, 0.1) is 5.52 Å². The Morgan fingerprint density at radius 2 is 1.59 bits per heavy atom. The minimum Gasteiger partial charge on any atom is -0.253 e. The van der Waals surface area contributed by atoms with E-state index in [0.717, 1.165) is 11.9 Å². The Morgan fingerprint density at radius 3 is 2.29 bits per heavy atom. The van der Waals surface area contributed by atoms with E-state index in [2.05, 4.69) is 45.0 Å². The number of aromatic nitrogens is 1. The molecule has 0 amide bonds.